The van der Waals surface area contributed by atoms with Gasteiger partial charge in [0.15, 0.2) is 0 Å². The molecular weight excluding hydrogens is 308 g/mol. The van der Waals surface area contributed by atoms with E-state index in [1.165, 1.54) is 0 Å². The highest BCUT2D eigenvalue weighted by Gasteiger charge is 2.23. The molecule has 0 amide bonds. The standard InChI is InChI=1S/C17H18N4O3/c1-5-24-17(22)14-10(2)19-11(3)16(20-21-18)15(14)12-6-8-13(23-4)9-7-12/h6-9H,5H2,1-4H3. The lowest BCUT2D eigenvalue weighted by Crippen LogP contribution is -2.11. The van der Waals surface area contributed by atoms with E-state index in [0.29, 0.717) is 34.0 Å². The van der Waals surface area contributed by atoms with Crippen molar-refractivity contribution in [1.82, 2.24) is 4.98 Å². The molecule has 0 saturated carbocycles. The van der Waals surface area contributed by atoms with Crippen molar-refractivity contribution in [2.45, 2.75) is 20.8 Å². The molecule has 0 aliphatic heterocycles. The molecule has 0 N–H and O–H groups in total. The summed E-state index contributed by atoms with van der Waals surface area (Å²) in [6, 6.07) is 7.14. The summed E-state index contributed by atoms with van der Waals surface area (Å²) < 4.78 is 10.3. The second-order valence-corrected chi connectivity index (χ2v) is 5.02. The summed E-state index contributed by atoms with van der Waals surface area (Å²) in [6.45, 7) is 5.44. The Kier molecular flexibility index (Phi) is 5.39. The van der Waals surface area contributed by atoms with Crippen molar-refractivity contribution in [3.8, 4) is 16.9 Å². The lowest BCUT2D eigenvalue weighted by Gasteiger charge is -2.16. The molecule has 2 rings (SSSR count). The maximum Gasteiger partial charge on any atom is 0.340 e. The molecule has 1 heterocycles. The van der Waals surface area contributed by atoms with Crippen molar-refractivity contribution in [3.05, 3.63) is 51.7 Å². The van der Waals surface area contributed by atoms with Gasteiger partial charge in [0, 0.05) is 16.2 Å². The zero-order valence-corrected chi connectivity index (χ0v) is 14.0. The van der Waals surface area contributed by atoms with Crippen LogP contribution in [0.1, 0.15) is 28.7 Å². The van der Waals surface area contributed by atoms with Crippen LogP contribution in [0.3, 0.4) is 0 Å². The molecule has 0 atom stereocenters. The van der Waals surface area contributed by atoms with Crippen LogP contribution in [0.15, 0.2) is 29.4 Å². The van der Waals surface area contributed by atoms with E-state index < -0.39 is 5.97 Å². The molecular formula is C17H18N4O3. The molecule has 0 unspecified atom stereocenters. The number of aryl methyl sites for hydroxylation is 2. The molecule has 0 spiro atoms. The minimum atomic E-state index is -0.497. The van der Waals surface area contributed by atoms with Crippen LogP contribution in [0.4, 0.5) is 5.69 Å². The van der Waals surface area contributed by atoms with Gasteiger partial charge in [0.2, 0.25) is 0 Å². The predicted molar refractivity (Wildman–Crippen MR) is 90.5 cm³/mol. The number of carbonyl (C=O) groups is 1. The van der Waals surface area contributed by atoms with Crippen LogP contribution >= 0.6 is 0 Å². The van der Waals surface area contributed by atoms with Gasteiger partial charge in [-0.15, -0.1) is 0 Å². The second-order valence-electron chi connectivity index (χ2n) is 5.02. The van der Waals surface area contributed by atoms with Gasteiger partial charge in [-0.1, -0.05) is 17.2 Å². The maximum absolute atomic E-state index is 12.4. The molecule has 2 aromatic rings. The molecule has 0 aliphatic rings. The molecule has 1 aromatic carbocycles. The molecule has 7 nitrogen and oxygen atoms in total. The number of benzene rings is 1. The number of rotatable bonds is 5. The first kappa shape index (κ1) is 17.3. The number of hydrogen-bond donors (Lipinski definition) is 0. The van der Waals surface area contributed by atoms with E-state index in [2.05, 4.69) is 15.0 Å². The molecule has 24 heavy (non-hydrogen) atoms. The highest BCUT2D eigenvalue weighted by Crippen LogP contribution is 2.38. The molecule has 7 heteroatoms. The fourth-order valence-corrected chi connectivity index (χ4v) is 2.50. The predicted octanol–water partition coefficient (Wildman–Crippen LogP) is 4.49. The Morgan fingerprint density at radius 3 is 2.46 bits per heavy atom. The number of carbonyl (C=O) groups excluding carboxylic acids is 1. The number of hydrogen-bond acceptors (Lipinski definition) is 5. The third-order valence-corrected chi connectivity index (χ3v) is 3.53. The van der Waals surface area contributed by atoms with Crippen LogP contribution < -0.4 is 4.74 Å². The van der Waals surface area contributed by atoms with Crippen molar-refractivity contribution in [1.29, 1.82) is 0 Å². The van der Waals surface area contributed by atoms with E-state index in [1.807, 2.05) is 0 Å². The summed E-state index contributed by atoms with van der Waals surface area (Å²) in [5.41, 5.74) is 11.8. The van der Waals surface area contributed by atoms with Gasteiger partial charge in [0.05, 0.1) is 30.7 Å². The van der Waals surface area contributed by atoms with Crippen LogP contribution in [0, 0.1) is 13.8 Å². The second kappa shape index (κ2) is 7.48. The SMILES string of the molecule is CCOC(=O)c1c(C)nc(C)c(N=[N+]=[N-])c1-c1ccc(OC)cc1. The number of azide groups is 1. The highest BCUT2D eigenvalue weighted by molar-refractivity contribution is 6.02. The van der Waals surface area contributed by atoms with Gasteiger partial charge in [0.1, 0.15) is 5.75 Å². The van der Waals surface area contributed by atoms with E-state index in [4.69, 9.17) is 15.0 Å². The van der Waals surface area contributed by atoms with Crippen LogP contribution in [0.5, 0.6) is 5.75 Å². The zero-order chi connectivity index (χ0) is 17.7. The lowest BCUT2D eigenvalue weighted by atomic mass is 9.96. The van der Waals surface area contributed by atoms with Gasteiger partial charge in [-0.3, -0.25) is 4.98 Å². The smallest absolute Gasteiger partial charge is 0.340 e. The van der Waals surface area contributed by atoms with Crippen molar-refractivity contribution in [2.75, 3.05) is 13.7 Å². The maximum atomic E-state index is 12.4. The number of nitrogens with zero attached hydrogens (tertiary/aromatic N) is 4. The highest BCUT2D eigenvalue weighted by atomic mass is 16.5. The lowest BCUT2D eigenvalue weighted by molar-refractivity contribution is 0.0526. The Morgan fingerprint density at radius 1 is 1.25 bits per heavy atom. The molecule has 1 aromatic heterocycles. The van der Waals surface area contributed by atoms with Gasteiger partial charge >= 0.3 is 5.97 Å². The van der Waals surface area contributed by atoms with Crippen LogP contribution in [-0.2, 0) is 4.74 Å². The fraction of sp³-hybridized carbons (Fsp3) is 0.294. The normalized spacial score (nSPS) is 10.0. The third-order valence-electron chi connectivity index (χ3n) is 3.53. The molecule has 0 radical (unpaired) electrons. The van der Waals surface area contributed by atoms with Crippen LogP contribution in [-0.4, -0.2) is 24.7 Å². The molecule has 124 valence electrons. The summed E-state index contributed by atoms with van der Waals surface area (Å²) in [6.07, 6.45) is 0. The molecule has 0 fully saturated rings. The minimum absolute atomic E-state index is 0.241. The Bertz CT molecular complexity index is 810. The largest absolute Gasteiger partial charge is 0.497 e. The quantitative estimate of drug-likeness (QED) is 0.350. The van der Waals surface area contributed by atoms with Crippen molar-refractivity contribution in [2.24, 2.45) is 5.11 Å². The zero-order valence-electron chi connectivity index (χ0n) is 14.0. The number of methoxy groups -OCH3 is 1. The number of pyridine rings is 1. The van der Waals surface area contributed by atoms with Crippen molar-refractivity contribution >= 4 is 11.7 Å². The summed E-state index contributed by atoms with van der Waals surface area (Å²) in [4.78, 5) is 19.6. The monoisotopic (exact) mass is 326 g/mol. The van der Waals surface area contributed by atoms with Gasteiger partial charge in [-0.25, -0.2) is 4.79 Å². The first-order valence-corrected chi connectivity index (χ1v) is 7.41. The van der Waals surface area contributed by atoms with E-state index in [1.54, 1.807) is 52.1 Å². The average Bonchev–Trinajstić information content (AvgIpc) is 2.57. The molecule has 0 bridgehead atoms. The Morgan fingerprint density at radius 2 is 1.92 bits per heavy atom. The van der Waals surface area contributed by atoms with Crippen molar-refractivity contribution in [3.63, 3.8) is 0 Å². The summed E-state index contributed by atoms with van der Waals surface area (Å²) in [7, 11) is 1.57. The summed E-state index contributed by atoms with van der Waals surface area (Å²) in [5.74, 6) is 0.187. The molecule has 0 aliphatic carbocycles. The minimum Gasteiger partial charge on any atom is -0.497 e. The van der Waals surface area contributed by atoms with Gasteiger partial charge in [0.25, 0.3) is 0 Å². The average molecular weight is 326 g/mol. The van der Waals surface area contributed by atoms with Crippen LogP contribution in [0.25, 0.3) is 21.6 Å². The number of esters is 1. The first-order valence-electron chi connectivity index (χ1n) is 7.41. The molecule has 0 saturated heterocycles. The van der Waals surface area contributed by atoms with E-state index in [9.17, 15) is 4.79 Å². The Balaban J connectivity index is 2.80. The summed E-state index contributed by atoms with van der Waals surface area (Å²) in [5, 5.41) is 3.75. The van der Waals surface area contributed by atoms with E-state index >= 15 is 0 Å². The number of aromatic nitrogens is 1. The fourth-order valence-electron chi connectivity index (χ4n) is 2.50. The van der Waals surface area contributed by atoms with Gasteiger partial charge in [-0.2, -0.15) is 0 Å². The van der Waals surface area contributed by atoms with Crippen molar-refractivity contribution < 1.29 is 14.3 Å². The Labute approximate surface area is 139 Å². The third kappa shape index (κ3) is 3.31. The Hall–Kier alpha value is -3.05. The number of ether oxygens (including phenoxy) is 2. The van der Waals surface area contributed by atoms with E-state index in [0.717, 1.165) is 5.56 Å². The van der Waals surface area contributed by atoms with Gasteiger partial charge < -0.3 is 9.47 Å². The van der Waals surface area contributed by atoms with E-state index in [-0.39, 0.29) is 6.61 Å². The summed E-state index contributed by atoms with van der Waals surface area (Å²) >= 11 is 0. The topological polar surface area (TPSA) is 97.2 Å². The van der Waals surface area contributed by atoms with Crippen LogP contribution in [0.2, 0.25) is 0 Å². The first-order chi connectivity index (χ1) is 11.5. The van der Waals surface area contributed by atoms with Gasteiger partial charge in [-0.05, 0) is 44.0 Å².